The number of nitrogens with two attached hydrogens (primary N) is 2. The average Bonchev–Trinajstić information content (AvgIpc) is 2.38. The van der Waals surface area contributed by atoms with Crippen LogP contribution in [0, 0.1) is 0 Å². The summed E-state index contributed by atoms with van der Waals surface area (Å²) in [6.45, 7) is 5.70. The van der Waals surface area contributed by atoms with E-state index in [0.717, 1.165) is 12.8 Å². The van der Waals surface area contributed by atoms with Gasteiger partial charge in [0, 0.05) is 19.5 Å². The van der Waals surface area contributed by atoms with Gasteiger partial charge in [-0.15, -0.1) is 0 Å². The molecule has 0 heterocycles. The Balaban J connectivity index is -0.000000295. The minimum atomic E-state index is 0. The first kappa shape index (κ1) is 25.9. The molecule has 0 aliphatic heterocycles. The first-order chi connectivity index (χ1) is 9.54. The molecule has 0 aromatic rings. The summed E-state index contributed by atoms with van der Waals surface area (Å²) >= 11 is 9.06. The van der Waals surface area contributed by atoms with Crippen molar-refractivity contribution in [2.75, 3.05) is 13.2 Å². The van der Waals surface area contributed by atoms with Crippen molar-refractivity contribution in [3.8, 4) is 0 Å². The third kappa shape index (κ3) is 33.1. The molecule has 0 amide bonds. The maximum Gasteiger partial charge on any atom is 0.253 e. The number of rotatable bonds is 10. The number of unbranched alkanes of at least 4 members (excludes halogenated alkanes) is 6. The van der Waals surface area contributed by atoms with Gasteiger partial charge in [-0.3, -0.25) is 0 Å². The van der Waals surface area contributed by atoms with Gasteiger partial charge in [0.2, 0.25) is 0 Å². The molecule has 4 N–H and O–H groups in total. The van der Waals surface area contributed by atoms with E-state index in [0.29, 0.717) is 13.2 Å². The molecule has 0 aliphatic carbocycles. The summed E-state index contributed by atoms with van der Waals surface area (Å²) in [7, 11) is 0. The molecular formula is C14H30N2O2S2Zn. The zero-order chi connectivity index (χ0) is 15.6. The third-order valence-corrected chi connectivity index (χ3v) is 2.72. The van der Waals surface area contributed by atoms with Gasteiger partial charge in [-0.25, -0.2) is 0 Å². The Kier molecular flexibility index (Phi) is 27.5. The molecule has 0 unspecified atom stereocenters. The molecule has 0 fully saturated rings. The minimum Gasteiger partial charge on any atom is -0.471 e. The van der Waals surface area contributed by atoms with Gasteiger partial charge in [-0.1, -0.05) is 52.4 Å². The standard InChI is InChI=1S/2C7H15NOS.Zn/c2*1-2-3-4-5-6-9-7(8)10;/h2*2-6H2,1H3,(H2,8,10);. The molecule has 0 saturated carbocycles. The number of hydrogen-bond donors (Lipinski definition) is 2. The predicted octanol–water partition coefficient (Wildman–Crippen LogP) is 3.65. The van der Waals surface area contributed by atoms with E-state index in [-0.39, 0.29) is 29.8 Å². The Labute approximate surface area is 153 Å². The van der Waals surface area contributed by atoms with E-state index < -0.39 is 0 Å². The van der Waals surface area contributed by atoms with Crippen LogP contribution < -0.4 is 11.5 Å². The Morgan fingerprint density at radius 1 is 0.714 bits per heavy atom. The summed E-state index contributed by atoms with van der Waals surface area (Å²) in [6.07, 6.45) is 9.55. The monoisotopic (exact) mass is 386 g/mol. The minimum absolute atomic E-state index is 0. The van der Waals surface area contributed by atoms with Crippen molar-refractivity contribution in [2.45, 2.75) is 65.2 Å². The van der Waals surface area contributed by atoms with Crippen molar-refractivity contribution < 1.29 is 29.0 Å². The van der Waals surface area contributed by atoms with Crippen molar-refractivity contribution in [2.24, 2.45) is 11.5 Å². The van der Waals surface area contributed by atoms with E-state index in [2.05, 4.69) is 38.3 Å². The van der Waals surface area contributed by atoms with E-state index in [1.165, 1.54) is 38.5 Å². The van der Waals surface area contributed by atoms with Crippen LogP contribution in [0.5, 0.6) is 0 Å². The van der Waals surface area contributed by atoms with Crippen LogP contribution in [0.3, 0.4) is 0 Å². The Hall–Kier alpha value is 0.00338. The molecule has 0 spiro atoms. The van der Waals surface area contributed by atoms with Crippen LogP contribution in [0.15, 0.2) is 0 Å². The molecule has 0 saturated heterocycles. The van der Waals surface area contributed by atoms with Crippen LogP contribution >= 0.6 is 24.4 Å². The molecular weight excluding hydrogens is 358 g/mol. The van der Waals surface area contributed by atoms with Gasteiger partial charge in [0.1, 0.15) is 0 Å². The fraction of sp³-hybridized carbons (Fsp3) is 0.857. The second-order valence-corrected chi connectivity index (χ2v) is 5.26. The topological polar surface area (TPSA) is 70.5 Å². The zero-order valence-corrected chi connectivity index (χ0v) is 18.2. The van der Waals surface area contributed by atoms with Gasteiger partial charge in [-0.2, -0.15) is 0 Å². The Morgan fingerprint density at radius 3 is 1.29 bits per heavy atom. The first-order valence-corrected chi connectivity index (χ1v) is 8.20. The second kappa shape index (κ2) is 22.3. The molecule has 4 nitrogen and oxygen atoms in total. The van der Waals surface area contributed by atoms with Crippen LogP contribution in [-0.4, -0.2) is 23.6 Å². The molecule has 0 aromatic carbocycles. The van der Waals surface area contributed by atoms with Gasteiger partial charge in [0.05, 0.1) is 13.2 Å². The summed E-state index contributed by atoms with van der Waals surface area (Å²) in [5.74, 6) is 0. The van der Waals surface area contributed by atoms with Gasteiger partial charge in [0.15, 0.2) is 0 Å². The van der Waals surface area contributed by atoms with Gasteiger partial charge >= 0.3 is 0 Å². The fourth-order valence-corrected chi connectivity index (χ4v) is 1.57. The van der Waals surface area contributed by atoms with Crippen molar-refractivity contribution in [3.05, 3.63) is 0 Å². The van der Waals surface area contributed by atoms with Crippen LogP contribution in [0.2, 0.25) is 0 Å². The smallest absolute Gasteiger partial charge is 0.253 e. The van der Waals surface area contributed by atoms with Crippen molar-refractivity contribution in [1.29, 1.82) is 0 Å². The van der Waals surface area contributed by atoms with Crippen LogP contribution in [0.4, 0.5) is 0 Å². The summed E-state index contributed by atoms with van der Waals surface area (Å²) in [5, 5.41) is 0.327. The maximum atomic E-state index is 5.12. The average molecular weight is 388 g/mol. The molecule has 0 bridgehead atoms. The van der Waals surface area contributed by atoms with Gasteiger partial charge in [0.25, 0.3) is 10.3 Å². The van der Waals surface area contributed by atoms with Crippen LogP contribution in [-0.2, 0) is 29.0 Å². The third-order valence-electron chi connectivity index (χ3n) is 2.48. The maximum absolute atomic E-state index is 5.12. The number of hydrogen-bond acceptors (Lipinski definition) is 4. The van der Waals surface area contributed by atoms with Gasteiger partial charge < -0.3 is 20.9 Å². The van der Waals surface area contributed by atoms with E-state index in [1.807, 2.05) is 0 Å². The zero-order valence-electron chi connectivity index (χ0n) is 13.6. The quantitative estimate of drug-likeness (QED) is 0.338. The molecule has 0 aromatic heterocycles. The number of thiocarbonyl (C=S) groups is 2. The summed E-state index contributed by atoms with van der Waals surface area (Å²) < 4.78 is 9.80. The van der Waals surface area contributed by atoms with E-state index in [4.69, 9.17) is 20.9 Å². The summed E-state index contributed by atoms with van der Waals surface area (Å²) in [4.78, 5) is 0. The van der Waals surface area contributed by atoms with E-state index in [1.54, 1.807) is 0 Å². The fourth-order valence-electron chi connectivity index (χ4n) is 1.40. The molecule has 21 heavy (non-hydrogen) atoms. The molecule has 0 radical (unpaired) electrons. The molecule has 0 rings (SSSR count). The van der Waals surface area contributed by atoms with E-state index >= 15 is 0 Å². The first-order valence-electron chi connectivity index (χ1n) is 7.39. The largest absolute Gasteiger partial charge is 0.471 e. The van der Waals surface area contributed by atoms with Crippen LogP contribution in [0.25, 0.3) is 0 Å². The predicted molar refractivity (Wildman–Crippen MR) is 93.8 cm³/mol. The molecule has 7 heteroatoms. The van der Waals surface area contributed by atoms with Crippen molar-refractivity contribution in [3.63, 3.8) is 0 Å². The van der Waals surface area contributed by atoms with E-state index in [9.17, 15) is 0 Å². The summed E-state index contributed by atoms with van der Waals surface area (Å²) in [5.41, 5.74) is 10.2. The van der Waals surface area contributed by atoms with Crippen molar-refractivity contribution in [1.82, 2.24) is 0 Å². The SMILES string of the molecule is CCCCCCOC(N)=S.CCCCCCOC(N)=S.[Zn]. The summed E-state index contributed by atoms with van der Waals surface area (Å²) in [6, 6.07) is 0. The normalized spacial score (nSPS) is 8.86. The number of ether oxygens (including phenoxy) is 2. The molecule has 122 valence electrons. The van der Waals surface area contributed by atoms with Crippen LogP contribution in [0.1, 0.15) is 65.2 Å². The molecule has 0 atom stereocenters. The second-order valence-electron chi connectivity index (χ2n) is 4.46. The Bertz CT molecular complexity index is 221. The van der Waals surface area contributed by atoms with Crippen molar-refractivity contribution >= 4 is 34.8 Å². The molecule has 0 aliphatic rings. The van der Waals surface area contributed by atoms with Gasteiger partial charge in [-0.05, 0) is 37.3 Å². The Morgan fingerprint density at radius 2 is 1.05 bits per heavy atom.